The highest BCUT2D eigenvalue weighted by atomic mass is 16.6. The minimum atomic E-state index is -0.496. The molecule has 0 fully saturated rings. The van der Waals surface area contributed by atoms with Crippen LogP contribution in [0.3, 0.4) is 0 Å². The highest BCUT2D eigenvalue weighted by Crippen LogP contribution is 2.16. The van der Waals surface area contributed by atoms with Gasteiger partial charge in [0.15, 0.2) is 0 Å². The lowest BCUT2D eigenvalue weighted by Gasteiger charge is -2.30. The molecule has 1 atom stereocenters. The lowest BCUT2D eigenvalue weighted by Crippen LogP contribution is -2.47. The van der Waals surface area contributed by atoms with E-state index in [-0.39, 0.29) is 6.04 Å². The normalized spacial score (nSPS) is 12.6. The first-order chi connectivity index (χ1) is 10.3. The van der Waals surface area contributed by atoms with E-state index in [0.717, 1.165) is 12.1 Å². The summed E-state index contributed by atoms with van der Waals surface area (Å²) in [6.45, 7) is 8.54. The van der Waals surface area contributed by atoms with Gasteiger partial charge in [-0.05, 0) is 44.9 Å². The van der Waals surface area contributed by atoms with E-state index < -0.39 is 11.7 Å². The molecule has 0 aromatic heterocycles. The van der Waals surface area contributed by atoms with Crippen molar-refractivity contribution in [2.75, 3.05) is 25.0 Å². The predicted octanol–water partition coefficient (Wildman–Crippen LogP) is 2.54. The molecule has 5 heteroatoms. The number of carbonyl (C=O) groups excluding carboxylic acids is 1. The molecule has 5 nitrogen and oxygen atoms in total. The molecule has 22 heavy (non-hydrogen) atoms. The molecule has 0 bridgehead atoms. The monoisotopic (exact) mass is 307 g/mol. The quantitative estimate of drug-likeness (QED) is 0.847. The molecule has 0 heterocycles. The van der Waals surface area contributed by atoms with E-state index in [1.54, 1.807) is 0 Å². The summed E-state index contributed by atoms with van der Waals surface area (Å²) < 4.78 is 5.24. The van der Waals surface area contributed by atoms with Crippen LogP contribution in [0.5, 0.6) is 0 Å². The second-order valence-corrected chi connectivity index (χ2v) is 6.40. The number of rotatable bonds is 6. The van der Waals surface area contributed by atoms with E-state index in [2.05, 4.69) is 41.4 Å². The number of amides is 1. The number of alkyl carbamates (subject to hydrolysis) is 1. The zero-order valence-corrected chi connectivity index (χ0v) is 14.3. The number of likely N-dealkylation sites (N-methyl/N-ethyl adjacent to an activating group) is 1. The standard InChI is InChI=1S/C17H29N3O2/c1-6-13-7-9-14(10-8-13)20(5)15(11-18)12-19-16(21)22-17(2,3)4/h7-10,15H,6,11-12,18H2,1-5H3,(H,19,21). The molecule has 0 aliphatic heterocycles. The van der Waals surface area contributed by atoms with Crippen LogP contribution in [-0.4, -0.2) is 37.9 Å². The number of ether oxygens (including phenoxy) is 1. The van der Waals surface area contributed by atoms with Gasteiger partial charge in [-0.2, -0.15) is 0 Å². The van der Waals surface area contributed by atoms with Crippen LogP contribution in [0.4, 0.5) is 10.5 Å². The molecule has 1 amide bonds. The summed E-state index contributed by atoms with van der Waals surface area (Å²) in [5, 5.41) is 2.78. The van der Waals surface area contributed by atoms with Gasteiger partial charge in [0, 0.05) is 25.8 Å². The number of aryl methyl sites for hydroxylation is 1. The summed E-state index contributed by atoms with van der Waals surface area (Å²) >= 11 is 0. The van der Waals surface area contributed by atoms with Crippen LogP contribution in [0.2, 0.25) is 0 Å². The second-order valence-electron chi connectivity index (χ2n) is 6.40. The van der Waals surface area contributed by atoms with Gasteiger partial charge in [0.05, 0.1) is 6.04 Å². The fourth-order valence-corrected chi connectivity index (χ4v) is 2.07. The van der Waals surface area contributed by atoms with Crippen molar-refractivity contribution < 1.29 is 9.53 Å². The zero-order valence-electron chi connectivity index (χ0n) is 14.3. The maximum atomic E-state index is 11.7. The molecule has 0 radical (unpaired) electrons. The summed E-state index contributed by atoms with van der Waals surface area (Å²) in [4.78, 5) is 13.8. The van der Waals surface area contributed by atoms with Crippen molar-refractivity contribution in [3.05, 3.63) is 29.8 Å². The van der Waals surface area contributed by atoms with Crippen molar-refractivity contribution in [2.24, 2.45) is 5.73 Å². The van der Waals surface area contributed by atoms with Gasteiger partial charge in [0.2, 0.25) is 0 Å². The number of hydrogen-bond acceptors (Lipinski definition) is 4. The minimum absolute atomic E-state index is 0.0139. The van der Waals surface area contributed by atoms with E-state index in [9.17, 15) is 4.79 Å². The first kappa shape index (κ1) is 18.3. The molecule has 0 saturated carbocycles. The summed E-state index contributed by atoms with van der Waals surface area (Å²) in [7, 11) is 1.98. The van der Waals surface area contributed by atoms with E-state index in [1.807, 2.05) is 27.8 Å². The summed E-state index contributed by atoms with van der Waals surface area (Å²) in [6.07, 6.45) is 0.602. The maximum Gasteiger partial charge on any atom is 0.407 e. The Morgan fingerprint density at radius 3 is 2.36 bits per heavy atom. The molecule has 1 rings (SSSR count). The van der Waals surface area contributed by atoms with Crippen molar-refractivity contribution in [1.29, 1.82) is 0 Å². The average Bonchev–Trinajstić information content (AvgIpc) is 2.46. The first-order valence-electron chi connectivity index (χ1n) is 7.75. The highest BCUT2D eigenvalue weighted by Gasteiger charge is 2.19. The van der Waals surface area contributed by atoms with Crippen molar-refractivity contribution in [3.8, 4) is 0 Å². The molecule has 0 aliphatic carbocycles. The van der Waals surface area contributed by atoms with Gasteiger partial charge in [0.1, 0.15) is 5.60 Å². The van der Waals surface area contributed by atoms with Crippen molar-refractivity contribution in [3.63, 3.8) is 0 Å². The number of hydrogen-bond donors (Lipinski definition) is 2. The van der Waals surface area contributed by atoms with Crippen molar-refractivity contribution in [1.82, 2.24) is 5.32 Å². The van der Waals surface area contributed by atoms with E-state index in [1.165, 1.54) is 5.56 Å². The largest absolute Gasteiger partial charge is 0.444 e. The average molecular weight is 307 g/mol. The Kier molecular flexibility index (Phi) is 6.68. The van der Waals surface area contributed by atoms with Gasteiger partial charge < -0.3 is 20.7 Å². The van der Waals surface area contributed by atoms with Crippen molar-refractivity contribution in [2.45, 2.75) is 45.8 Å². The summed E-state index contributed by atoms with van der Waals surface area (Å²) in [5.74, 6) is 0. The SMILES string of the molecule is CCc1ccc(N(C)C(CN)CNC(=O)OC(C)(C)C)cc1. The lowest BCUT2D eigenvalue weighted by molar-refractivity contribution is 0.0525. The van der Waals surface area contributed by atoms with Crippen LogP contribution in [-0.2, 0) is 11.2 Å². The molecular formula is C17H29N3O2. The third kappa shape index (κ3) is 5.93. The van der Waals surface area contributed by atoms with Gasteiger partial charge in [0.25, 0.3) is 0 Å². The topological polar surface area (TPSA) is 67.6 Å². The number of anilines is 1. The van der Waals surface area contributed by atoms with Gasteiger partial charge in [-0.25, -0.2) is 4.79 Å². The first-order valence-corrected chi connectivity index (χ1v) is 7.75. The van der Waals surface area contributed by atoms with Gasteiger partial charge in [-0.1, -0.05) is 19.1 Å². The van der Waals surface area contributed by atoms with Gasteiger partial charge in [-0.3, -0.25) is 0 Å². The Morgan fingerprint density at radius 1 is 1.32 bits per heavy atom. The third-order valence-electron chi connectivity index (χ3n) is 3.45. The molecular weight excluding hydrogens is 278 g/mol. The minimum Gasteiger partial charge on any atom is -0.444 e. The zero-order chi connectivity index (χ0) is 16.8. The number of benzene rings is 1. The molecule has 3 N–H and O–H groups in total. The van der Waals surface area contributed by atoms with Gasteiger partial charge in [-0.15, -0.1) is 0 Å². The van der Waals surface area contributed by atoms with Gasteiger partial charge >= 0.3 is 6.09 Å². The van der Waals surface area contributed by atoms with Crippen LogP contribution in [0.1, 0.15) is 33.3 Å². The smallest absolute Gasteiger partial charge is 0.407 e. The molecule has 1 aromatic carbocycles. The van der Waals surface area contributed by atoms with E-state index in [0.29, 0.717) is 13.1 Å². The van der Waals surface area contributed by atoms with Crippen LogP contribution in [0.25, 0.3) is 0 Å². The molecule has 0 aliphatic rings. The molecule has 124 valence electrons. The van der Waals surface area contributed by atoms with Crippen LogP contribution in [0.15, 0.2) is 24.3 Å². The maximum absolute atomic E-state index is 11.7. The fourth-order valence-electron chi connectivity index (χ4n) is 2.07. The van der Waals surface area contributed by atoms with Crippen LogP contribution >= 0.6 is 0 Å². The third-order valence-corrected chi connectivity index (χ3v) is 3.45. The second kappa shape index (κ2) is 8.03. The Labute approximate surface area is 133 Å². The number of nitrogens with zero attached hydrogens (tertiary/aromatic N) is 1. The Balaban J connectivity index is 2.60. The lowest BCUT2D eigenvalue weighted by atomic mass is 10.1. The molecule has 1 aromatic rings. The molecule has 1 unspecified atom stereocenters. The summed E-state index contributed by atoms with van der Waals surface area (Å²) in [6, 6.07) is 8.39. The van der Waals surface area contributed by atoms with Crippen molar-refractivity contribution >= 4 is 11.8 Å². The highest BCUT2D eigenvalue weighted by molar-refractivity contribution is 5.67. The fraction of sp³-hybridized carbons (Fsp3) is 0.588. The Hall–Kier alpha value is -1.75. The number of nitrogens with one attached hydrogen (secondary N) is 1. The Morgan fingerprint density at radius 2 is 1.91 bits per heavy atom. The molecule has 0 spiro atoms. The van der Waals surface area contributed by atoms with Crippen LogP contribution < -0.4 is 16.0 Å². The van der Waals surface area contributed by atoms with Crippen LogP contribution in [0, 0.1) is 0 Å². The molecule has 0 saturated heterocycles. The van der Waals surface area contributed by atoms with E-state index >= 15 is 0 Å². The predicted molar refractivity (Wildman–Crippen MR) is 91.3 cm³/mol. The summed E-state index contributed by atoms with van der Waals surface area (Å²) in [5.41, 5.74) is 7.73. The number of carbonyl (C=O) groups is 1. The van der Waals surface area contributed by atoms with E-state index in [4.69, 9.17) is 10.5 Å². The Bertz CT molecular complexity index is 466. The number of nitrogens with two attached hydrogens (primary N) is 1.